The van der Waals surface area contributed by atoms with Crippen LogP contribution in [0.4, 0.5) is 14.5 Å². The fourth-order valence-corrected chi connectivity index (χ4v) is 2.05. The van der Waals surface area contributed by atoms with Crippen molar-refractivity contribution < 1.29 is 13.6 Å². The molecule has 1 aliphatic heterocycles. The smallest absolute Gasteiger partial charge is 0.235 e. The molecule has 3 rings (SSSR count). The van der Waals surface area contributed by atoms with E-state index >= 15 is 0 Å². The number of carbonyl (C=O) groups is 1. The van der Waals surface area contributed by atoms with Gasteiger partial charge in [-0.3, -0.25) is 4.79 Å². The molecule has 0 atom stereocenters. The molecule has 0 aromatic heterocycles. The van der Waals surface area contributed by atoms with Crippen molar-refractivity contribution in [2.24, 2.45) is 0 Å². The van der Waals surface area contributed by atoms with Crippen LogP contribution in [0.2, 0.25) is 0 Å². The summed E-state index contributed by atoms with van der Waals surface area (Å²) in [6.45, 7) is 0. The third-order valence-electron chi connectivity index (χ3n) is 3.03. The molecule has 1 aliphatic carbocycles. The number of halogens is 2. The summed E-state index contributed by atoms with van der Waals surface area (Å²) in [4.78, 5) is 11.5. The second kappa shape index (κ2) is 2.13. The van der Waals surface area contributed by atoms with Crippen LogP contribution in [0, 0.1) is 11.6 Å². The number of nitrogens with one attached hydrogen (secondary N) is 1. The molecule has 1 spiro atoms. The van der Waals surface area contributed by atoms with Crippen molar-refractivity contribution in [1.82, 2.24) is 0 Å². The lowest BCUT2D eigenvalue weighted by Crippen LogP contribution is -2.18. The first-order valence-electron chi connectivity index (χ1n) is 4.45. The van der Waals surface area contributed by atoms with Gasteiger partial charge in [0.1, 0.15) is 0 Å². The molecule has 1 heterocycles. The van der Waals surface area contributed by atoms with Gasteiger partial charge in [0, 0.05) is 0 Å². The van der Waals surface area contributed by atoms with Gasteiger partial charge < -0.3 is 5.32 Å². The number of hydrogen-bond acceptors (Lipinski definition) is 1. The van der Waals surface area contributed by atoms with E-state index in [1.165, 1.54) is 6.07 Å². The van der Waals surface area contributed by atoms with Gasteiger partial charge in [0.25, 0.3) is 0 Å². The Balaban J connectivity index is 2.27. The molecule has 14 heavy (non-hydrogen) atoms. The lowest BCUT2D eigenvalue weighted by atomic mass is 9.98. The standard InChI is InChI=1S/C10H7F2NO/c11-6-2-1-5-8(7(6)12)13-9(14)10(5)3-4-10/h1-2H,3-4H2,(H,13,14). The van der Waals surface area contributed by atoms with Gasteiger partial charge in [0.05, 0.1) is 11.1 Å². The van der Waals surface area contributed by atoms with Crippen molar-refractivity contribution >= 4 is 11.6 Å². The highest BCUT2D eigenvalue weighted by Crippen LogP contribution is 2.55. The lowest BCUT2D eigenvalue weighted by Gasteiger charge is -2.03. The van der Waals surface area contributed by atoms with Crippen LogP contribution in [0.1, 0.15) is 18.4 Å². The highest BCUT2D eigenvalue weighted by Gasteiger charge is 2.57. The van der Waals surface area contributed by atoms with E-state index in [2.05, 4.69) is 5.32 Å². The minimum atomic E-state index is -0.945. The second-order valence-electron chi connectivity index (χ2n) is 3.82. The fraction of sp³-hybridized carbons (Fsp3) is 0.300. The van der Waals surface area contributed by atoms with Gasteiger partial charge in [-0.2, -0.15) is 0 Å². The van der Waals surface area contributed by atoms with Crippen LogP contribution in [0.15, 0.2) is 12.1 Å². The van der Waals surface area contributed by atoms with Gasteiger partial charge >= 0.3 is 0 Å². The van der Waals surface area contributed by atoms with Crippen molar-refractivity contribution in [1.29, 1.82) is 0 Å². The molecule has 4 heteroatoms. The van der Waals surface area contributed by atoms with E-state index in [9.17, 15) is 13.6 Å². The minimum Gasteiger partial charge on any atom is -0.322 e. The molecule has 0 radical (unpaired) electrons. The van der Waals surface area contributed by atoms with Crippen LogP contribution < -0.4 is 5.32 Å². The summed E-state index contributed by atoms with van der Waals surface area (Å²) in [6.07, 6.45) is 1.47. The van der Waals surface area contributed by atoms with Crippen LogP contribution >= 0.6 is 0 Å². The number of fused-ring (bicyclic) bond motifs is 2. The summed E-state index contributed by atoms with van der Waals surface area (Å²) in [5.74, 6) is -2.06. The molecule has 2 aliphatic rings. The zero-order chi connectivity index (χ0) is 9.92. The third kappa shape index (κ3) is 0.720. The van der Waals surface area contributed by atoms with Gasteiger partial charge in [-0.1, -0.05) is 6.07 Å². The average molecular weight is 195 g/mol. The maximum Gasteiger partial charge on any atom is 0.235 e. The third-order valence-corrected chi connectivity index (χ3v) is 3.03. The molecule has 72 valence electrons. The minimum absolute atomic E-state index is 0.0347. The second-order valence-corrected chi connectivity index (χ2v) is 3.82. The summed E-state index contributed by atoms with van der Waals surface area (Å²) in [7, 11) is 0. The summed E-state index contributed by atoms with van der Waals surface area (Å²) in [6, 6.07) is 2.58. The topological polar surface area (TPSA) is 29.1 Å². The normalized spacial score (nSPS) is 20.9. The Kier molecular flexibility index (Phi) is 1.20. The van der Waals surface area contributed by atoms with E-state index in [4.69, 9.17) is 0 Å². The van der Waals surface area contributed by atoms with Crippen LogP contribution in [0.5, 0.6) is 0 Å². The predicted octanol–water partition coefficient (Wildman–Crippen LogP) is 1.95. The highest BCUT2D eigenvalue weighted by molar-refractivity contribution is 6.08. The zero-order valence-electron chi connectivity index (χ0n) is 7.23. The fourth-order valence-electron chi connectivity index (χ4n) is 2.05. The molecule has 1 fully saturated rings. The van der Waals surface area contributed by atoms with Crippen molar-refractivity contribution in [2.75, 3.05) is 5.32 Å². The molecule has 1 aromatic rings. The van der Waals surface area contributed by atoms with Crippen molar-refractivity contribution in [3.8, 4) is 0 Å². The summed E-state index contributed by atoms with van der Waals surface area (Å²) in [5.41, 5.74) is 0.109. The molecule has 1 aromatic carbocycles. The van der Waals surface area contributed by atoms with Gasteiger partial charge in [-0.25, -0.2) is 8.78 Å². The van der Waals surface area contributed by atoms with E-state index < -0.39 is 17.0 Å². The zero-order valence-corrected chi connectivity index (χ0v) is 7.23. The van der Waals surface area contributed by atoms with Crippen molar-refractivity contribution in [3.05, 3.63) is 29.3 Å². The Morgan fingerprint density at radius 2 is 2.00 bits per heavy atom. The molecule has 0 unspecified atom stereocenters. The van der Waals surface area contributed by atoms with Crippen molar-refractivity contribution in [3.63, 3.8) is 0 Å². The number of carbonyl (C=O) groups excluding carboxylic acids is 1. The van der Waals surface area contributed by atoms with Gasteiger partial charge in [0.2, 0.25) is 5.91 Å². The van der Waals surface area contributed by atoms with E-state index in [0.29, 0.717) is 5.56 Å². The van der Waals surface area contributed by atoms with Gasteiger partial charge in [0.15, 0.2) is 11.6 Å². The first-order valence-corrected chi connectivity index (χ1v) is 4.45. The summed E-state index contributed by atoms with van der Waals surface area (Å²) in [5, 5.41) is 2.41. The lowest BCUT2D eigenvalue weighted by molar-refractivity contribution is -0.117. The molecule has 0 saturated heterocycles. The number of amides is 1. The Hall–Kier alpha value is -1.45. The van der Waals surface area contributed by atoms with Crippen LogP contribution in [-0.4, -0.2) is 5.91 Å². The van der Waals surface area contributed by atoms with Gasteiger partial charge in [-0.15, -0.1) is 0 Å². The number of benzene rings is 1. The summed E-state index contributed by atoms with van der Waals surface area (Å²) < 4.78 is 26.1. The molecular formula is C10H7F2NO. The predicted molar refractivity (Wildman–Crippen MR) is 45.9 cm³/mol. The van der Waals surface area contributed by atoms with E-state index in [1.54, 1.807) is 0 Å². The molecule has 1 amide bonds. The number of rotatable bonds is 0. The first-order chi connectivity index (χ1) is 6.65. The molecule has 1 N–H and O–H groups in total. The highest BCUT2D eigenvalue weighted by atomic mass is 19.2. The Morgan fingerprint density at radius 3 is 2.64 bits per heavy atom. The molecule has 0 bridgehead atoms. The molecule has 2 nitrogen and oxygen atoms in total. The maximum atomic E-state index is 13.3. The average Bonchev–Trinajstić information content (AvgIpc) is 2.88. The van der Waals surface area contributed by atoms with Crippen LogP contribution in [0.25, 0.3) is 0 Å². The van der Waals surface area contributed by atoms with E-state index in [0.717, 1.165) is 18.9 Å². The quantitative estimate of drug-likeness (QED) is 0.673. The Morgan fingerprint density at radius 1 is 1.29 bits per heavy atom. The monoisotopic (exact) mass is 195 g/mol. The Labute approximate surface area is 78.9 Å². The largest absolute Gasteiger partial charge is 0.322 e. The van der Waals surface area contributed by atoms with E-state index in [-0.39, 0.29) is 11.6 Å². The summed E-state index contributed by atoms with van der Waals surface area (Å²) >= 11 is 0. The maximum absolute atomic E-state index is 13.3. The van der Waals surface area contributed by atoms with Gasteiger partial charge in [-0.05, 0) is 24.5 Å². The van der Waals surface area contributed by atoms with E-state index in [1.807, 2.05) is 0 Å². The molecular weight excluding hydrogens is 188 g/mol. The first kappa shape index (κ1) is 7.91. The number of hydrogen-bond donors (Lipinski definition) is 1. The molecule has 1 saturated carbocycles. The van der Waals surface area contributed by atoms with Crippen LogP contribution in [0.3, 0.4) is 0 Å². The van der Waals surface area contributed by atoms with Crippen LogP contribution in [-0.2, 0) is 10.2 Å². The number of anilines is 1. The Bertz CT molecular complexity index is 452. The SMILES string of the molecule is O=C1Nc2c(ccc(F)c2F)C12CC2. The van der Waals surface area contributed by atoms with Crippen molar-refractivity contribution in [2.45, 2.75) is 18.3 Å².